The topological polar surface area (TPSA) is 49.3 Å². The lowest BCUT2D eigenvalue weighted by molar-refractivity contribution is 0.0718. The fraction of sp³-hybridized carbons (Fsp3) is 0.389. The highest BCUT2D eigenvalue weighted by molar-refractivity contribution is 5.93. The number of carbonyl (C=O) groups excluding carboxylic acids is 1. The zero-order valence-electron chi connectivity index (χ0n) is 13.7. The summed E-state index contributed by atoms with van der Waals surface area (Å²) in [6.45, 7) is 3.48. The monoisotopic (exact) mass is 310 g/mol. The van der Waals surface area contributed by atoms with Crippen LogP contribution in [0.2, 0.25) is 0 Å². The van der Waals surface area contributed by atoms with E-state index in [1.165, 1.54) is 6.42 Å². The minimum atomic E-state index is 0.0120. The summed E-state index contributed by atoms with van der Waals surface area (Å²) in [5.41, 5.74) is 1.51. The molecule has 1 amide bonds. The zero-order valence-corrected chi connectivity index (χ0v) is 13.7. The van der Waals surface area contributed by atoms with Crippen LogP contribution >= 0.6 is 0 Å². The van der Waals surface area contributed by atoms with Crippen molar-refractivity contribution >= 4 is 17.4 Å². The maximum atomic E-state index is 12.7. The van der Waals surface area contributed by atoms with Crippen LogP contribution in [-0.2, 0) is 0 Å². The molecule has 1 fully saturated rings. The summed E-state index contributed by atoms with van der Waals surface area (Å²) in [4.78, 5) is 25.4. The third-order valence-corrected chi connectivity index (χ3v) is 4.17. The Hall–Kier alpha value is -2.43. The van der Waals surface area contributed by atoms with E-state index in [4.69, 9.17) is 0 Å². The van der Waals surface area contributed by atoms with Gasteiger partial charge in [0, 0.05) is 31.9 Å². The molecule has 0 unspecified atom stereocenters. The number of carbonyl (C=O) groups is 1. The lowest BCUT2D eigenvalue weighted by Crippen LogP contribution is -2.36. The second-order valence-corrected chi connectivity index (χ2v) is 5.91. The minimum Gasteiger partial charge on any atom is -0.337 e. The number of hydrogen-bond acceptors (Lipinski definition) is 4. The molecule has 5 heteroatoms. The summed E-state index contributed by atoms with van der Waals surface area (Å²) in [5, 5.41) is 0. The maximum Gasteiger partial charge on any atom is 0.272 e. The second-order valence-electron chi connectivity index (χ2n) is 5.91. The average molecular weight is 310 g/mol. The Balaban J connectivity index is 1.88. The molecule has 23 heavy (non-hydrogen) atoms. The van der Waals surface area contributed by atoms with E-state index in [-0.39, 0.29) is 5.91 Å². The van der Waals surface area contributed by atoms with Crippen molar-refractivity contribution in [3.05, 3.63) is 47.9 Å². The number of aromatic nitrogens is 2. The van der Waals surface area contributed by atoms with Gasteiger partial charge in [0.15, 0.2) is 0 Å². The lowest BCUT2D eigenvalue weighted by Gasteiger charge is -2.27. The van der Waals surface area contributed by atoms with E-state index >= 15 is 0 Å². The van der Waals surface area contributed by atoms with Gasteiger partial charge in [-0.15, -0.1) is 0 Å². The number of rotatable bonds is 3. The molecule has 120 valence electrons. The van der Waals surface area contributed by atoms with E-state index in [1.54, 1.807) is 6.07 Å². The molecule has 1 aromatic carbocycles. The minimum absolute atomic E-state index is 0.0120. The number of benzene rings is 1. The van der Waals surface area contributed by atoms with Crippen LogP contribution in [0.1, 0.15) is 35.6 Å². The fourth-order valence-corrected chi connectivity index (χ4v) is 2.88. The van der Waals surface area contributed by atoms with E-state index in [0.717, 1.165) is 37.4 Å². The Kier molecular flexibility index (Phi) is 4.55. The summed E-state index contributed by atoms with van der Waals surface area (Å²) in [5.74, 6) is 1.37. The van der Waals surface area contributed by atoms with Gasteiger partial charge in [-0.1, -0.05) is 18.2 Å². The molecule has 0 aliphatic carbocycles. The molecule has 2 aromatic rings. The summed E-state index contributed by atoms with van der Waals surface area (Å²) >= 11 is 0. The molecule has 0 saturated carbocycles. The normalized spacial score (nSPS) is 14.6. The number of hydrogen-bond donors (Lipinski definition) is 0. The third-order valence-electron chi connectivity index (χ3n) is 4.17. The van der Waals surface area contributed by atoms with Crippen molar-refractivity contribution in [2.75, 3.05) is 25.0 Å². The van der Waals surface area contributed by atoms with Crippen LogP contribution in [0.5, 0.6) is 0 Å². The van der Waals surface area contributed by atoms with E-state index < -0.39 is 0 Å². The number of amides is 1. The average Bonchev–Trinajstić information content (AvgIpc) is 2.61. The zero-order chi connectivity index (χ0) is 16.2. The SMILES string of the molecule is Cc1nc(C(=O)N2CCCCC2)cc(N(C)c2ccccc2)n1. The van der Waals surface area contributed by atoms with Gasteiger partial charge in [0.05, 0.1) is 0 Å². The first-order valence-electron chi connectivity index (χ1n) is 8.09. The Morgan fingerprint density at radius 2 is 1.78 bits per heavy atom. The van der Waals surface area contributed by atoms with Crippen molar-refractivity contribution in [2.45, 2.75) is 26.2 Å². The summed E-state index contributed by atoms with van der Waals surface area (Å²) in [6, 6.07) is 11.8. The second kappa shape index (κ2) is 6.77. The van der Waals surface area contributed by atoms with Gasteiger partial charge in [0.1, 0.15) is 17.3 Å². The molecule has 5 nitrogen and oxygen atoms in total. The van der Waals surface area contributed by atoms with Crippen molar-refractivity contribution in [3.63, 3.8) is 0 Å². The van der Waals surface area contributed by atoms with Crippen molar-refractivity contribution in [3.8, 4) is 0 Å². The molecule has 1 aromatic heterocycles. The highest BCUT2D eigenvalue weighted by Gasteiger charge is 2.21. The number of piperidine rings is 1. The first-order chi connectivity index (χ1) is 11.1. The number of aryl methyl sites for hydroxylation is 1. The quantitative estimate of drug-likeness (QED) is 0.873. The number of likely N-dealkylation sites (tertiary alicyclic amines) is 1. The van der Waals surface area contributed by atoms with Crippen molar-refractivity contribution in [1.29, 1.82) is 0 Å². The van der Waals surface area contributed by atoms with Gasteiger partial charge < -0.3 is 9.80 Å². The standard InChI is InChI=1S/C18H22N4O/c1-14-19-16(18(23)22-11-7-4-8-12-22)13-17(20-14)21(2)15-9-5-3-6-10-15/h3,5-6,9-10,13H,4,7-8,11-12H2,1-2H3. The molecule has 1 aliphatic rings. The van der Waals surface area contributed by atoms with Gasteiger partial charge in [-0.3, -0.25) is 4.79 Å². The third kappa shape index (κ3) is 3.50. The molecule has 2 heterocycles. The van der Waals surface area contributed by atoms with Gasteiger partial charge in [0.2, 0.25) is 0 Å². The van der Waals surface area contributed by atoms with Crippen LogP contribution in [0.15, 0.2) is 36.4 Å². The molecule has 3 rings (SSSR count). The fourth-order valence-electron chi connectivity index (χ4n) is 2.88. The van der Waals surface area contributed by atoms with Crippen LogP contribution in [-0.4, -0.2) is 40.9 Å². The Morgan fingerprint density at radius 1 is 1.09 bits per heavy atom. The van der Waals surface area contributed by atoms with E-state index in [0.29, 0.717) is 11.5 Å². The van der Waals surface area contributed by atoms with Crippen LogP contribution in [0.3, 0.4) is 0 Å². The van der Waals surface area contributed by atoms with E-state index in [1.807, 2.05) is 54.1 Å². The van der Waals surface area contributed by atoms with Crippen molar-refractivity contribution in [2.24, 2.45) is 0 Å². The molecule has 1 saturated heterocycles. The summed E-state index contributed by atoms with van der Waals surface area (Å²) < 4.78 is 0. The van der Waals surface area contributed by atoms with E-state index in [2.05, 4.69) is 9.97 Å². The Morgan fingerprint density at radius 3 is 2.48 bits per heavy atom. The highest BCUT2D eigenvalue weighted by Crippen LogP contribution is 2.22. The molecule has 0 radical (unpaired) electrons. The van der Waals surface area contributed by atoms with Gasteiger partial charge in [-0.25, -0.2) is 9.97 Å². The first kappa shape index (κ1) is 15.5. The molecule has 0 bridgehead atoms. The number of para-hydroxylation sites is 1. The predicted octanol–water partition coefficient (Wildman–Crippen LogP) is 3.18. The van der Waals surface area contributed by atoms with E-state index in [9.17, 15) is 4.79 Å². The van der Waals surface area contributed by atoms with Gasteiger partial charge in [0.25, 0.3) is 5.91 Å². The lowest BCUT2D eigenvalue weighted by atomic mass is 10.1. The molecule has 1 aliphatic heterocycles. The molecular weight excluding hydrogens is 288 g/mol. The number of anilines is 2. The molecule has 0 spiro atoms. The number of nitrogens with zero attached hydrogens (tertiary/aromatic N) is 4. The Bertz CT molecular complexity index is 681. The van der Waals surface area contributed by atoms with Gasteiger partial charge in [-0.05, 0) is 38.3 Å². The van der Waals surface area contributed by atoms with Gasteiger partial charge in [-0.2, -0.15) is 0 Å². The molecular formula is C18H22N4O. The first-order valence-corrected chi connectivity index (χ1v) is 8.09. The van der Waals surface area contributed by atoms with Crippen LogP contribution < -0.4 is 4.90 Å². The van der Waals surface area contributed by atoms with Crippen LogP contribution in [0.25, 0.3) is 0 Å². The van der Waals surface area contributed by atoms with Crippen molar-refractivity contribution in [1.82, 2.24) is 14.9 Å². The Labute approximate surface area is 137 Å². The maximum absolute atomic E-state index is 12.7. The smallest absolute Gasteiger partial charge is 0.272 e. The van der Waals surface area contributed by atoms with Crippen LogP contribution in [0.4, 0.5) is 11.5 Å². The highest BCUT2D eigenvalue weighted by atomic mass is 16.2. The van der Waals surface area contributed by atoms with Crippen LogP contribution in [0, 0.1) is 6.92 Å². The van der Waals surface area contributed by atoms with Crippen molar-refractivity contribution < 1.29 is 4.79 Å². The molecule has 0 N–H and O–H groups in total. The summed E-state index contributed by atoms with van der Waals surface area (Å²) in [6.07, 6.45) is 3.35. The summed E-state index contributed by atoms with van der Waals surface area (Å²) in [7, 11) is 1.95. The largest absolute Gasteiger partial charge is 0.337 e. The molecule has 0 atom stereocenters. The van der Waals surface area contributed by atoms with Gasteiger partial charge >= 0.3 is 0 Å². The predicted molar refractivity (Wildman–Crippen MR) is 91.0 cm³/mol.